The molecule has 1 rings (SSSR count). The molecule has 14 heavy (non-hydrogen) atoms. The lowest BCUT2D eigenvalue weighted by Crippen LogP contribution is -1.96. The van der Waals surface area contributed by atoms with Gasteiger partial charge in [-0.2, -0.15) is 0 Å². The molecular formula is C11H14BrFO. The summed E-state index contributed by atoms with van der Waals surface area (Å²) in [6, 6.07) is 4.63. The van der Waals surface area contributed by atoms with Crippen molar-refractivity contribution in [3.8, 4) is 0 Å². The van der Waals surface area contributed by atoms with Crippen molar-refractivity contribution in [1.29, 1.82) is 0 Å². The molecule has 0 spiro atoms. The number of unbranched alkanes of at least 4 members (excludes halogenated alkanes) is 1. The highest BCUT2D eigenvalue weighted by Gasteiger charge is 2.01. The van der Waals surface area contributed by atoms with Crippen molar-refractivity contribution in [1.82, 2.24) is 0 Å². The first-order valence-corrected chi connectivity index (χ1v) is 5.55. The third kappa shape index (κ3) is 3.76. The average molecular weight is 261 g/mol. The summed E-state index contributed by atoms with van der Waals surface area (Å²) in [5.74, 6) is -0.220. The van der Waals surface area contributed by atoms with E-state index in [0.29, 0.717) is 6.61 Å². The summed E-state index contributed by atoms with van der Waals surface area (Å²) in [5, 5.41) is 0. The Labute approximate surface area is 92.4 Å². The van der Waals surface area contributed by atoms with Gasteiger partial charge < -0.3 is 4.74 Å². The second kappa shape index (κ2) is 6.14. The molecule has 0 fully saturated rings. The number of benzene rings is 1. The van der Waals surface area contributed by atoms with Crippen LogP contribution in [0.4, 0.5) is 4.39 Å². The highest BCUT2D eigenvalue weighted by Crippen LogP contribution is 2.18. The maximum Gasteiger partial charge on any atom is 0.123 e. The van der Waals surface area contributed by atoms with E-state index in [-0.39, 0.29) is 5.82 Å². The molecule has 0 aliphatic heterocycles. The Morgan fingerprint density at radius 2 is 2.21 bits per heavy atom. The number of ether oxygens (including phenoxy) is 1. The minimum atomic E-state index is -0.220. The van der Waals surface area contributed by atoms with Crippen LogP contribution < -0.4 is 0 Å². The van der Waals surface area contributed by atoms with Crippen LogP contribution in [0, 0.1) is 5.82 Å². The standard InChI is InChI=1S/C11H14BrFO/c1-2-3-6-14-8-9-7-10(13)4-5-11(9)12/h4-5,7H,2-3,6,8H2,1H3. The largest absolute Gasteiger partial charge is 0.377 e. The zero-order valence-corrected chi connectivity index (χ0v) is 9.81. The van der Waals surface area contributed by atoms with Crippen LogP contribution in [0.15, 0.2) is 22.7 Å². The fourth-order valence-corrected chi connectivity index (χ4v) is 1.44. The van der Waals surface area contributed by atoms with Gasteiger partial charge in [-0.15, -0.1) is 0 Å². The van der Waals surface area contributed by atoms with Crippen LogP contribution in [-0.4, -0.2) is 6.61 Å². The van der Waals surface area contributed by atoms with Gasteiger partial charge in [0.25, 0.3) is 0 Å². The van der Waals surface area contributed by atoms with Gasteiger partial charge in [0.2, 0.25) is 0 Å². The topological polar surface area (TPSA) is 9.23 Å². The SMILES string of the molecule is CCCCOCc1cc(F)ccc1Br. The van der Waals surface area contributed by atoms with E-state index in [4.69, 9.17) is 4.74 Å². The van der Waals surface area contributed by atoms with Gasteiger partial charge in [-0.05, 0) is 30.2 Å². The predicted octanol–water partition coefficient (Wildman–Crippen LogP) is 3.90. The Morgan fingerprint density at radius 3 is 2.93 bits per heavy atom. The third-order valence-electron chi connectivity index (χ3n) is 1.91. The van der Waals surface area contributed by atoms with E-state index in [1.807, 2.05) is 0 Å². The van der Waals surface area contributed by atoms with Crippen LogP contribution in [-0.2, 0) is 11.3 Å². The molecule has 0 aliphatic rings. The molecule has 1 aromatic carbocycles. The highest BCUT2D eigenvalue weighted by atomic mass is 79.9. The molecule has 0 unspecified atom stereocenters. The molecule has 0 amide bonds. The smallest absolute Gasteiger partial charge is 0.123 e. The molecule has 0 radical (unpaired) electrons. The zero-order chi connectivity index (χ0) is 10.4. The van der Waals surface area contributed by atoms with E-state index < -0.39 is 0 Å². The fraction of sp³-hybridized carbons (Fsp3) is 0.455. The number of hydrogen-bond donors (Lipinski definition) is 0. The molecule has 1 nitrogen and oxygen atoms in total. The molecule has 0 heterocycles. The van der Waals surface area contributed by atoms with E-state index in [9.17, 15) is 4.39 Å². The summed E-state index contributed by atoms with van der Waals surface area (Å²) in [5.41, 5.74) is 0.862. The summed E-state index contributed by atoms with van der Waals surface area (Å²) in [7, 11) is 0. The van der Waals surface area contributed by atoms with Gasteiger partial charge >= 0.3 is 0 Å². The van der Waals surface area contributed by atoms with Crippen LogP contribution in [0.25, 0.3) is 0 Å². The lowest BCUT2D eigenvalue weighted by molar-refractivity contribution is 0.117. The summed E-state index contributed by atoms with van der Waals surface area (Å²) in [4.78, 5) is 0. The summed E-state index contributed by atoms with van der Waals surface area (Å²) < 4.78 is 19.1. The van der Waals surface area contributed by atoms with Gasteiger partial charge in [-0.25, -0.2) is 4.39 Å². The van der Waals surface area contributed by atoms with Crippen LogP contribution >= 0.6 is 15.9 Å². The van der Waals surface area contributed by atoms with Crippen molar-refractivity contribution in [2.75, 3.05) is 6.61 Å². The summed E-state index contributed by atoms with van der Waals surface area (Å²) >= 11 is 3.35. The number of halogens is 2. The fourth-order valence-electron chi connectivity index (χ4n) is 1.08. The molecule has 0 N–H and O–H groups in total. The quantitative estimate of drug-likeness (QED) is 0.730. The first kappa shape index (κ1) is 11.7. The number of rotatable bonds is 5. The second-order valence-corrected chi connectivity index (χ2v) is 4.00. The zero-order valence-electron chi connectivity index (χ0n) is 8.22. The van der Waals surface area contributed by atoms with Crippen LogP contribution in [0.3, 0.4) is 0 Å². The molecule has 0 saturated carbocycles. The third-order valence-corrected chi connectivity index (χ3v) is 2.68. The van der Waals surface area contributed by atoms with Gasteiger partial charge in [-0.3, -0.25) is 0 Å². The first-order valence-electron chi connectivity index (χ1n) is 4.75. The van der Waals surface area contributed by atoms with E-state index in [1.54, 1.807) is 6.07 Å². The first-order chi connectivity index (χ1) is 6.74. The Bertz CT molecular complexity index is 289. The normalized spacial score (nSPS) is 10.5. The van der Waals surface area contributed by atoms with Crippen LogP contribution in [0.1, 0.15) is 25.3 Å². The maximum absolute atomic E-state index is 12.8. The summed E-state index contributed by atoms with van der Waals surface area (Å²) in [6.45, 7) is 3.32. The van der Waals surface area contributed by atoms with Crippen molar-refractivity contribution in [2.24, 2.45) is 0 Å². The summed E-state index contributed by atoms with van der Waals surface area (Å²) in [6.07, 6.45) is 2.16. The van der Waals surface area contributed by atoms with E-state index >= 15 is 0 Å². The van der Waals surface area contributed by atoms with Gasteiger partial charge in [-0.1, -0.05) is 29.3 Å². The van der Waals surface area contributed by atoms with Crippen molar-refractivity contribution in [2.45, 2.75) is 26.4 Å². The van der Waals surface area contributed by atoms with Gasteiger partial charge in [0, 0.05) is 11.1 Å². The molecule has 0 saturated heterocycles. The van der Waals surface area contributed by atoms with Crippen LogP contribution in [0.5, 0.6) is 0 Å². The molecule has 0 atom stereocenters. The Balaban J connectivity index is 2.45. The highest BCUT2D eigenvalue weighted by molar-refractivity contribution is 9.10. The second-order valence-electron chi connectivity index (χ2n) is 3.14. The van der Waals surface area contributed by atoms with E-state index in [0.717, 1.165) is 29.5 Å². The number of hydrogen-bond acceptors (Lipinski definition) is 1. The molecule has 78 valence electrons. The molecule has 0 aromatic heterocycles. The molecule has 3 heteroatoms. The van der Waals surface area contributed by atoms with E-state index in [2.05, 4.69) is 22.9 Å². The van der Waals surface area contributed by atoms with Gasteiger partial charge in [0.15, 0.2) is 0 Å². The Morgan fingerprint density at radius 1 is 1.43 bits per heavy atom. The lowest BCUT2D eigenvalue weighted by atomic mass is 10.2. The maximum atomic E-state index is 12.8. The Kier molecular flexibility index (Phi) is 5.12. The lowest BCUT2D eigenvalue weighted by Gasteiger charge is -2.05. The van der Waals surface area contributed by atoms with E-state index in [1.165, 1.54) is 12.1 Å². The van der Waals surface area contributed by atoms with Crippen LogP contribution in [0.2, 0.25) is 0 Å². The van der Waals surface area contributed by atoms with Gasteiger partial charge in [0.1, 0.15) is 5.82 Å². The molecular weight excluding hydrogens is 247 g/mol. The minimum absolute atomic E-state index is 0.220. The van der Waals surface area contributed by atoms with Crippen molar-refractivity contribution in [3.63, 3.8) is 0 Å². The van der Waals surface area contributed by atoms with Gasteiger partial charge in [0.05, 0.1) is 6.61 Å². The molecule has 0 bridgehead atoms. The predicted molar refractivity (Wildman–Crippen MR) is 58.7 cm³/mol. The van der Waals surface area contributed by atoms with Crippen molar-refractivity contribution >= 4 is 15.9 Å². The molecule has 0 aliphatic carbocycles. The molecule has 1 aromatic rings. The monoisotopic (exact) mass is 260 g/mol. The average Bonchev–Trinajstić information content (AvgIpc) is 2.18. The Hall–Kier alpha value is -0.410. The van der Waals surface area contributed by atoms with Crippen molar-refractivity contribution < 1.29 is 9.13 Å². The minimum Gasteiger partial charge on any atom is -0.377 e. The van der Waals surface area contributed by atoms with Crippen molar-refractivity contribution in [3.05, 3.63) is 34.1 Å².